The van der Waals surface area contributed by atoms with Crippen molar-refractivity contribution in [2.24, 2.45) is 0 Å². The average Bonchev–Trinajstić information content (AvgIpc) is 2.75. The highest BCUT2D eigenvalue weighted by Gasteiger charge is 2.15. The topological polar surface area (TPSA) is 84.7 Å². The minimum absolute atomic E-state index is 0.284. The van der Waals surface area contributed by atoms with Gasteiger partial charge in [-0.05, 0) is 31.4 Å². The summed E-state index contributed by atoms with van der Waals surface area (Å²) in [5.74, 6) is 2.40. The molecule has 2 aromatic heterocycles. The molecule has 0 saturated heterocycles. The number of pyridine rings is 1. The number of carbonyl (C=O) groups is 1. The van der Waals surface area contributed by atoms with E-state index in [9.17, 15) is 4.79 Å². The highest BCUT2D eigenvalue weighted by atomic mass is 16.2. The highest BCUT2D eigenvalue weighted by Crippen LogP contribution is 2.14. The molecular weight excluding hydrogens is 280 g/mol. The van der Waals surface area contributed by atoms with Crippen molar-refractivity contribution in [3.05, 3.63) is 35.5 Å². The van der Waals surface area contributed by atoms with Gasteiger partial charge < -0.3 is 9.88 Å². The van der Waals surface area contributed by atoms with E-state index in [4.69, 9.17) is 0 Å². The number of amides is 2. The number of urea groups is 1. The van der Waals surface area contributed by atoms with Crippen LogP contribution in [-0.4, -0.2) is 25.8 Å². The first kappa shape index (κ1) is 14.5. The van der Waals surface area contributed by atoms with E-state index in [1.54, 1.807) is 6.20 Å². The summed E-state index contributed by atoms with van der Waals surface area (Å²) in [7, 11) is 0. The molecule has 0 bridgehead atoms. The minimum atomic E-state index is -0.284. The van der Waals surface area contributed by atoms with Crippen LogP contribution in [0.1, 0.15) is 36.5 Å². The quantitative estimate of drug-likeness (QED) is 0.908. The summed E-state index contributed by atoms with van der Waals surface area (Å²) in [4.78, 5) is 16.1. The molecule has 0 aliphatic carbocycles. The number of nitrogens with zero attached hydrogens (tertiary/aromatic N) is 4. The van der Waals surface area contributed by atoms with Crippen molar-refractivity contribution in [2.75, 3.05) is 5.32 Å². The van der Waals surface area contributed by atoms with Crippen molar-refractivity contribution in [2.45, 2.75) is 45.7 Å². The molecule has 2 amide bonds. The minimum Gasteiger partial charge on any atom is -0.331 e. The Morgan fingerprint density at radius 3 is 3.09 bits per heavy atom. The predicted octanol–water partition coefficient (Wildman–Crippen LogP) is 2.03. The van der Waals surface area contributed by atoms with Gasteiger partial charge >= 0.3 is 6.03 Å². The van der Waals surface area contributed by atoms with Crippen LogP contribution in [0.5, 0.6) is 0 Å². The van der Waals surface area contributed by atoms with Crippen LogP contribution in [0, 0.1) is 6.92 Å². The van der Waals surface area contributed by atoms with E-state index in [0.29, 0.717) is 12.4 Å². The molecular formula is C15H20N6O. The Morgan fingerprint density at radius 2 is 2.23 bits per heavy atom. The van der Waals surface area contributed by atoms with Crippen molar-refractivity contribution in [1.29, 1.82) is 0 Å². The molecule has 0 spiro atoms. The summed E-state index contributed by atoms with van der Waals surface area (Å²) in [5.41, 5.74) is 0.925. The molecule has 7 heteroatoms. The first-order chi connectivity index (χ1) is 10.7. The SMILES string of the molecule is Cc1cccnc1NC(=O)NCc1nnc2n1CCCCC2. The normalized spacial score (nSPS) is 14.0. The van der Waals surface area contributed by atoms with Crippen molar-refractivity contribution in [3.8, 4) is 0 Å². The number of hydrogen-bond donors (Lipinski definition) is 2. The van der Waals surface area contributed by atoms with Crippen LogP contribution in [0.3, 0.4) is 0 Å². The number of rotatable bonds is 3. The first-order valence-corrected chi connectivity index (χ1v) is 7.61. The lowest BCUT2D eigenvalue weighted by molar-refractivity contribution is 0.251. The monoisotopic (exact) mass is 300 g/mol. The summed E-state index contributed by atoms with van der Waals surface area (Å²) in [6.07, 6.45) is 6.13. The molecule has 22 heavy (non-hydrogen) atoms. The molecule has 0 aromatic carbocycles. The molecule has 1 aliphatic rings. The van der Waals surface area contributed by atoms with E-state index in [-0.39, 0.29) is 6.03 Å². The predicted molar refractivity (Wildman–Crippen MR) is 82.4 cm³/mol. The molecule has 0 saturated carbocycles. The van der Waals surface area contributed by atoms with E-state index in [0.717, 1.165) is 43.0 Å². The molecule has 0 fully saturated rings. The molecule has 0 radical (unpaired) electrons. The molecule has 0 unspecified atom stereocenters. The maximum atomic E-state index is 12.0. The van der Waals surface area contributed by atoms with E-state index >= 15 is 0 Å². The van der Waals surface area contributed by atoms with Crippen molar-refractivity contribution in [3.63, 3.8) is 0 Å². The third kappa shape index (κ3) is 3.24. The fourth-order valence-electron chi connectivity index (χ4n) is 2.60. The maximum Gasteiger partial charge on any atom is 0.320 e. The van der Waals surface area contributed by atoms with E-state index < -0.39 is 0 Å². The van der Waals surface area contributed by atoms with Gasteiger partial charge in [-0.25, -0.2) is 9.78 Å². The summed E-state index contributed by atoms with van der Waals surface area (Å²) >= 11 is 0. The van der Waals surface area contributed by atoms with Crippen LogP contribution in [0.25, 0.3) is 0 Å². The Morgan fingerprint density at radius 1 is 1.32 bits per heavy atom. The van der Waals surface area contributed by atoms with E-state index in [1.165, 1.54) is 6.42 Å². The second-order valence-corrected chi connectivity index (χ2v) is 5.47. The number of anilines is 1. The molecule has 1 aliphatic heterocycles. The molecule has 2 N–H and O–H groups in total. The number of aromatic nitrogens is 4. The van der Waals surface area contributed by atoms with Gasteiger partial charge in [0, 0.05) is 19.2 Å². The fraction of sp³-hybridized carbons (Fsp3) is 0.467. The summed E-state index contributed by atoms with van der Waals surface area (Å²) in [6.45, 7) is 3.20. The zero-order valence-electron chi connectivity index (χ0n) is 12.7. The van der Waals surface area contributed by atoms with Crippen LogP contribution < -0.4 is 10.6 Å². The average molecular weight is 300 g/mol. The molecule has 0 atom stereocenters. The van der Waals surface area contributed by atoms with Crippen LogP contribution in [0.4, 0.5) is 10.6 Å². The van der Waals surface area contributed by atoms with E-state index in [1.807, 2.05) is 19.1 Å². The number of aryl methyl sites for hydroxylation is 2. The van der Waals surface area contributed by atoms with Gasteiger partial charge in [-0.1, -0.05) is 12.5 Å². The largest absolute Gasteiger partial charge is 0.331 e. The highest BCUT2D eigenvalue weighted by molar-refractivity contribution is 5.88. The van der Waals surface area contributed by atoms with Crippen molar-refractivity contribution < 1.29 is 4.79 Å². The Kier molecular flexibility index (Phi) is 4.32. The van der Waals surface area contributed by atoms with Crippen LogP contribution in [-0.2, 0) is 19.5 Å². The molecule has 3 heterocycles. The van der Waals surface area contributed by atoms with Gasteiger partial charge in [-0.2, -0.15) is 0 Å². The maximum absolute atomic E-state index is 12.0. The van der Waals surface area contributed by atoms with Gasteiger partial charge in [0.1, 0.15) is 11.6 Å². The van der Waals surface area contributed by atoms with Crippen LogP contribution in [0.2, 0.25) is 0 Å². The van der Waals surface area contributed by atoms with Crippen LogP contribution >= 0.6 is 0 Å². The molecule has 3 rings (SSSR count). The van der Waals surface area contributed by atoms with Crippen molar-refractivity contribution in [1.82, 2.24) is 25.1 Å². The lowest BCUT2D eigenvalue weighted by Crippen LogP contribution is -2.30. The summed E-state index contributed by atoms with van der Waals surface area (Å²) in [5, 5.41) is 14.0. The first-order valence-electron chi connectivity index (χ1n) is 7.61. The standard InChI is InChI=1S/C15H20N6O/c1-11-6-5-8-16-14(11)18-15(22)17-10-13-20-19-12-7-3-2-4-9-21(12)13/h5-6,8H,2-4,7,9-10H2,1H3,(H2,16,17,18,22). The number of hydrogen-bond acceptors (Lipinski definition) is 4. The van der Waals surface area contributed by atoms with E-state index in [2.05, 4.69) is 30.4 Å². The Balaban J connectivity index is 1.60. The third-order valence-corrected chi connectivity index (χ3v) is 3.83. The Hall–Kier alpha value is -2.44. The van der Waals surface area contributed by atoms with Crippen molar-refractivity contribution >= 4 is 11.8 Å². The lowest BCUT2D eigenvalue weighted by Gasteiger charge is -2.10. The number of carbonyl (C=O) groups excluding carboxylic acids is 1. The molecule has 7 nitrogen and oxygen atoms in total. The summed E-state index contributed by atoms with van der Waals surface area (Å²) in [6, 6.07) is 3.46. The molecule has 2 aromatic rings. The number of nitrogens with one attached hydrogen (secondary N) is 2. The Bertz CT molecular complexity index is 666. The van der Waals surface area contributed by atoms with Gasteiger partial charge in [0.2, 0.25) is 0 Å². The smallest absolute Gasteiger partial charge is 0.320 e. The second-order valence-electron chi connectivity index (χ2n) is 5.47. The van der Waals surface area contributed by atoms with Crippen LogP contribution in [0.15, 0.2) is 18.3 Å². The second kappa shape index (κ2) is 6.55. The zero-order valence-corrected chi connectivity index (χ0v) is 12.7. The Labute approximate surface area is 129 Å². The number of fused-ring (bicyclic) bond motifs is 1. The van der Waals surface area contributed by atoms with Gasteiger partial charge in [-0.15, -0.1) is 10.2 Å². The summed E-state index contributed by atoms with van der Waals surface area (Å²) < 4.78 is 2.12. The molecule has 116 valence electrons. The third-order valence-electron chi connectivity index (χ3n) is 3.83. The van der Waals surface area contributed by atoms with Gasteiger partial charge in [-0.3, -0.25) is 5.32 Å². The van der Waals surface area contributed by atoms with Gasteiger partial charge in [0.25, 0.3) is 0 Å². The lowest BCUT2D eigenvalue weighted by atomic mass is 10.2. The zero-order chi connectivity index (χ0) is 15.4. The van der Waals surface area contributed by atoms with Gasteiger partial charge in [0.05, 0.1) is 6.54 Å². The van der Waals surface area contributed by atoms with Gasteiger partial charge in [0.15, 0.2) is 5.82 Å². The fourth-order valence-corrected chi connectivity index (χ4v) is 2.60.